The Morgan fingerprint density at radius 1 is 1.35 bits per heavy atom. The second kappa shape index (κ2) is 4.57. The molecule has 6 heteroatoms. The number of carbonyl (C=O) groups excluding carboxylic acids is 1. The lowest BCUT2D eigenvalue weighted by Gasteiger charge is -2.35. The first-order valence-electron chi connectivity index (χ1n) is 6.06. The Labute approximate surface area is 102 Å². The minimum Gasteiger partial charge on any atom is -0.391 e. The zero-order chi connectivity index (χ0) is 12.6. The minimum atomic E-state index is -3.01. The maximum Gasteiger partial charge on any atom is 0.226 e. The molecule has 3 unspecified atom stereocenters. The summed E-state index contributed by atoms with van der Waals surface area (Å²) in [6.45, 7) is 2.94. The largest absolute Gasteiger partial charge is 0.391 e. The molecular formula is C11H19NO4S. The van der Waals surface area contributed by atoms with E-state index in [4.69, 9.17) is 0 Å². The first kappa shape index (κ1) is 12.8. The fraction of sp³-hybridized carbons (Fsp3) is 0.909. The van der Waals surface area contributed by atoms with E-state index in [1.165, 1.54) is 0 Å². The highest BCUT2D eigenvalue weighted by atomic mass is 32.2. The van der Waals surface area contributed by atoms with Crippen molar-refractivity contribution in [3.63, 3.8) is 0 Å². The van der Waals surface area contributed by atoms with E-state index in [2.05, 4.69) is 0 Å². The molecule has 2 rings (SSSR count). The zero-order valence-corrected chi connectivity index (χ0v) is 10.8. The van der Waals surface area contributed by atoms with Crippen molar-refractivity contribution in [2.45, 2.75) is 25.9 Å². The predicted octanol–water partition coefficient (Wildman–Crippen LogP) is -0.350. The van der Waals surface area contributed by atoms with Gasteiger partial charge in [-0.2, -0.15) is 0 Å². The van der Waals surface area contributed by atoms with Crippen LogP contribution < -0.4 is 0 Å². The number of β-amino-alcohol motifs (C(OH)–C–C–N with tert-alkyl or cyclic N) is 1. The minimum absolute atomic E-state index is 0.0199. The molecule has 0 aromatic rings. The third kappa shape index (κ3) is 2.80. The fourth-order valence-electron chi connectivity index (χ4n) is 2.50. The Bertz CT molecular complexity index is 406. The lowest BCUT2D eigenvalue weighted by Crippen LogP contribution is -2.48. The van der Waals surface area contributed by atoms with Crippen LogP contribution >= 0.6 is 0 Å². The van der Waals surface area contributed by atoms with Gasteiger partial charge in [0.1, 0.15) is 0 Å². The molecule has 0 bridgehead atoms. The number of aliphatic hydroxyl groups is 1. The topological polar surface area (TPSA) is 74.7 Å². The number of aliphatic hydroxyl groups excluding tert-OH is 1. The third-order valence-corrected chi connectivity index (χ3v) is 5.58. The van der Waals surface area contributed by atoms with Gasteiger partial charge in [-0.15, -0.1) is 0 Å². The molecule has 2 aliphatic heterocycles. The van der Waals surface area contributed by atoms with Gasteiger partial charge in [0, 0.05) is 13.1 Å². The molecule has 2 fully saturated rings. The molecule has 1 N–H and O–H groups in total. The van der Waals surface area contributed by atoms with Gasteiger partial charge in [0.2, 0.25) is 5.91 Å². The van der Waals surface area contributed by atoms with E-state index in [-0.39, 0.29) is 29.2 Å². The molecule has 3 atom stereocenters. The third-order valence-electron chi connectivity index (χ3n) is 3.81. The number of likely N-dealkylation sites (tertiary alicyclic amines) is 1. The van der Waals surface area contributed by atoms with Gasteiger partial charge in [0.15, 0.2) is 9.84 Å². The standard InChI is InChI=1S/C11H19NO4S/c1-8-2-4-12(6-10(8)13)11(14)9-3-5-17(15,16)7-9/h8-10,13H,2-7H2,1H3. The van der Waals surface area contributed by atoms with Crippen molar-refractivity contribution in [1.29, 1.82) is 0 Å². The molecule has 0 radical (unpaired) electrons. The molecule has 98 valence electrons. The Kier molecular flexibility index (Phi) is 3.45. The van der Waals surface area contributed by atoms with Crippen LogP contribution in [0.4, 0.5) is 0 Å². The van der Waals surface area contributed by atoms with Gasteiger partial charge in [0.25, 0.3) is 0 Å². The summed E-state index contributed by atoms with van der Waals surface area (Å²) in [5.41, 5.74) is 0. The number of rotatable bonds is 1. The fourth-order valence-corrected chi connectivity index (χ4v) is 4.23. The average molecular weight is 261 g/mol. The number of amides is 1. The van der Waals surface area contributed by atoms with Gasteiger partial charge in [-0.1, -0.05) is 6.92 Å². The molecule has 17 heavy (non-hydrogen) atoms. The molecule has 1 amide bonds. The van der Waals surface area contributed by atoms with Crippen molar-refractivity contribution in [2.24, 2.45) is 11.8 Å². The van der Waals surface area contributed by atoms with E-state index in [1.807, 2.05) is 6.92 Å². The highest BCUT2D eigenvalue weighted by Gasteiger charge is 2.37. The van der Waals surface area contributed by atoms with Crippen LogP contribution in [0.15, 0.2) is 0 Å². The molecule has 0 aromatic carbocycles. The number of nitrogens with zero attached hydrogens (tertiary/aromatic N) is 1. The molecule has 2 saturated heterocycles. The van der Waals surface area contributed by atoms with E-state index in [0.717, 1.165) is 6.42 Å². The van der Waals surface area contributed by atoms with E-state index in [1.54, 1.807) is 4.90 Å². The van der Waals surface area contributed by atoms with Crippen LogP contribution in [-0.4, -0.2) is 55.0 Å². The molecule has 0 spiro atoms. The molecular weight excluding hydrogens is 242 g/mol. The van der Waals surface area contributed by atoms with Gasteiger partial charge in [-0.05, 0) is 18.8 Å². The summed E-state index contributed by atoms with van der Waals surface area (Å²) in [6.07, 6.45) is 0.737. The van der Waals surface area contributed by atoms with E-state index < -0.39 is 15.9 Å². The maximum atomic E-state index is 12.1. The van der Waals surface area contributed by atoms with E-state index >= 15 is 0 Å². The lowest BCUT2D eigenvalue weighted by molar-refractivity contribution is -0.139. The predicted molar refractivity (Wildman–Crippen MR) is 63.1 cm³/mol. The number of sulfone groups is 1. The van der Waals surface area contributed by atoms with Gasteiger partial charge >= 0.3 is 0 Å². The summed E-state index contributed by atoms with van der Waals surface area (Å²) in [5.74, 6) is -0.173. The van der Waals surface area contributed by atoms with Crippen molar-refractivity contribution in [1.82, 2.24) is 4.90 Å². The van der Waals surface area contributed by atoms with Crippen LogP contribution in [0, 0.1) is 11.8 Å². The highest BCUT2D eigenvalue weighted by molar-refractivity contribution is 7.91. The quantitative estimate of drug-likeness (QED) is 0.700. The molecule has 0 aromatic heterocycles. The van der Waals surface area contributed by atoms with Gasteiger partial charge in [-0.25, -0.2) is 8.42 Å². The van der Waals surface area contributed by atoms with E-state index in [9.17, 15) is 18.3 Å². The van der Waals surface area contributed by atoms with Crippen LogP contribution in [0.2, 0.25) is 0 Å². The average Bonchev–Trinajstić information content (AvgIpc) is 2.62. The molecule has 0 aliphatic carbocycles. The molecule has 0 saturated carbocycles. The van der Waals surface area contributed by atoms with Crippen LogP contribution in [-0.2, 0) is 14.6 Å². The highest BCUT2D eigenvalue weighted by Crippen LogP contribution is 2.24. The number of carbonyl (C=O) groups is 1. The molecule has 2 aliphatic rings. The summed E-state index contributed by atoms with van der Waals surface area (Å²) in [4.78, 5) is 13.7. The van der Waals surface area contributed by atoms with Crippen LogP contribution in [0.3, 0.4) is 0 Å². The Morgan fingerprint density at radius 2 is 2.06 bits per heavy atom. The molecule has 2 heterocycles. The zero-order valence-electron chi connectivity index (χ0n) is 10.0. The van der Waals surface area contributed by atoms with Gasteiger partial charge in [-0.3, -0.25) is 4.79 Å². The summed E-state index contributed by atoms with van der Waals surface area (Å²) < 4.78 is 22.6. The maximum absolute atomic E-state index is 12.1. The monoisotopic (exact) mass is 261 g/mol. The van der Waals surface area contributed by atoms with Crippen molar-refractivity contribution >= 4 is 15.7 Å². The normalized spacial score (nSPS) is 37.1. The van der Waals surface area contributed by atoms with E-state index in [0.29, 0.717) is 19.5 Å². The SMILES string of the molecule is CC1CCN(C(=O)C2CCS(=O)(=O)C2)CC1O. The number of hydrogen-bond acceptors (Lipinski definition) is 4. The lowest BCUT2D eigenvalue weighted by atomic mass is 9.95. The van der Waals surface area contributed by atoms with Crippen molar-refractivity contribution in [3.8, 4) is 0 Å². The summed E-state index contributed by atoms with van der Waals surface area (Å²) in [5, 5.41) is 9.73. The number of piperidine rings is 1. The second-order valence-corrected chi connectivity index (χ2v) is 7.45. The van der Waals surface area contributed by atoms with Crippen molar-refractivity contribution in [3.05, 3.63) is 0 Å². The smallest absolute Gasteiger partial charge is 0.226 e. The van der Waals surface area contributed by atoms with Crippen LogP contribution in [0.1, 0.15) is 19.8 Å². The van der Waals surface area contributed by atoms with Gasteiger partial charge in [0.05, 0.1) is 23.5 Å². The Morgan fingerprint density at radius 3 is 2.59 bits per heavy atom. The summed E-state index contributed by atoms with van der Waals surface area (Å²) in [7, 11) is -3.01. The van der Waals surface area contributed by atoms with Crippen molar-refractivity contribution < 1.29 is 18.3 Å². The Balaban J connectivity index is 1.97. The second-order valence-electron chi connectivity index (χ2n) is 5.22. The molecule has 5 nitrogen and oxygen atoms in total. The first-order chi connectivity index (χ1) is 7.89. The Hall–Kier alpha value is -0.620. The summed E-state index contributed by atoms with van der Waals surface area (Å²) >= 11 is 0. The van der Waals surface area contributed by atoms with Crippen LogP contribution in [0.5, 0.6) is 0 Å². The number of hydrogen-bond donors (Lipinski definition) is 1. The first-order valence-corrected chi connectivity index (χ1v) is 7.88. The van der Waals surface area contributed by atoms with Gasteiger partial charge < -0.3 is 10.0 Å². The van der Waals surface area contributed by atoms with Crippen LogP contribution in [0.25, 0.3) is 0 Å². The summed E-state index contributed by atoms with van der Waals surface area (Å²) in [6, 6.07) is 0. The van der Waals surface area contributed by atoms with Crippen molar-refractivity contribution in [2.75, 3.05) is 24.6 Å².